The molecule has 5 heteroatoms. The van der Waals surface area contributed by atoms with Crippen LogP contribution in [0.3, 0.4) is 0 Å². The number of hydrogen-bond acceptors (Lipinski definition) is 3. The third-order valence-corrected chi connectivity index (χ3v) is 4.16. The number of carbonyl (C=O) groups excluding carboxylic acids is 1. The van der Waals surface area contributed by atoms with E-state index in [1.54, 1.807) is 16.9 Å². The minimum Gasteiger partial charge on any atom is -0.396 e. The van der Waals surface area contributed by atoms with Crippen molar-refractivity contribution in [3.8, 4) is 0 Å². The summed E-state index contributed by atoms with van der Waals surface area (Å²) in [6.07, 6.45) is 4.24. The third-order valence-electron chi connectivity index (χ3n) is 4.16. The van der Waals surface area contributed by atoms with Gasteiger partial charge in [-0.05, 0) is 44.6 Å². The number of aliphatic hydroxyl groups excluding tert-OH is 1. The normalized spacial score (nSPS) is 11.9. The van der Waals surface area contributed by atoms with Crippen LogP contribution in [0.15, 0.2) is 12.3 Å². The monoisotopic (exact) mass is 281 g/mol. The average Bonchev–Trinajstić information content (AvgIpc) is 2.93. The van der Waals surface area contributed by atoms with Crippen LogP contribution in [-0.2, 0) is 0 Å². The zero-order valence-electron chi connectivity index (χ0n) is 13.0. The van der Waals surface area contributed by atoms with Crippen molar-refractivity contribution in [3.63, 3.8) is 0 Å². The van der Waals surface area contributed by atoms with Crippen molar-refractivity contribution < 1.29 is 9.90 Å². The molecule has 0 fully saturated rings. The highest BCUT2D eigenvalue weighted by Gasteiger charge is 2.26. The Kier molecular flexibility index (Phi) is 6.20. The summed E-state index contributed by atoms with van der Waals surface area (Å²) in [5, 5.41) is 16.4. The van der Waals surface area contributed by atoms with Crippen LogP contribution in [0.2, 0.25) is 0 Å². The molecule has 0 aliphatic rings. The molecule has 0 atom stereocenters. The van der Waals surface area contributed by atoms with E-state index in [0.717, 1.165) is 12.8 Å². The van der Waals surface area contributed by atoms with Gasteiger partial charge in [0.25, 0.3) is 5.91 Å². The summed E-state index contributed by atoms with van der Waals surface area (Å²) in [6.45, 7) is 8.94. The van der Waals surface area contributed by atoms with Crippen LogP contribution >= 0.6 is 0 Å². The molecule has 0 bridgehead atoms. The van der Waals surface area contributed by atoms with Crippen molar-refractivity contribution in [1.29, 1.82) is 0 Å². The molecule has 0 aliphatic carbocycles. The SMILES string of the molecule is CCC(CC)(CCO)CNC(=O)c1ccnn1C(C)C. The number of carbonyl (C=O) groups is 1. The summed E-state index contributed by atoms with van der Waals surface area (Å²) >= 11 is 0. The summed E-state index contributed by atoms with van der Waals surface area (Å²) in [5.41, 5.74) is 0.567. The molecule has 0 spiro atoms. The summed E-state index contributed by atoms with van der Waals surface area (Å²) < 4.78 is 1.72. The fourth-order valence-electron chi connectivity index (χ4n) is 2.44. The molecule has 0 aromatic carbocycles. The first-order chi connectivity index (χ1) is 9.49. The molecule has 1 aromatic rings. The molecule has 1 heterocycles. The smallest absolute Gasteiger partial charge is 0.269 e. The number of rotatable bonds is 8. The number of aromatic nitrogens is 2. The lowest BCUT2D eigenvalue weighted by molar-refractivity contribution is 0.0895. The average molecular weight is 281 g/mol. The zero-order chi connectivity index (χ0) is 15.2. The second-order valence-electron chi connectivity index (χ2n) is 5.62. The Hall–Kier alpha value is -1.36. The maximum Gasteiger partial charge on any atom is 0.269 e. The van der Waals surface area contributed by atoms with Crippen molar-refractivity contribution in [1.82, 2.24) is 15.1 Å². The van der Waals surface area contributed by atoms with E-state index in [1.165, 1.54) is 0 Å². The zero-order valence-corrected chi connectivity index (χ0v) is 13.0. The second-order valence-corrected chi connectivity index (χ2v) is 5.62. The minimum atomic E-state index is -0.0968. The molecule has 1 amide bonds. The predicted molar refractivity (Wildman–Crippen MR) is 79.7 cm³/mol. The molecule has 2 N–H and O–H groups in total. The molecule has 0 unspecified atom stereocenters. The molecule has 5 nitrogen and oxygen atoms in total. The van der Waals surface area contributed by atoms with Gasteiger partial charge in [-0.3, -0.25) is 9.48 Å². The second kappa shape index (κ2) is 7.43. The lowest BCUT2D eigenvalue weighted by Gasteiger charge is -2.31. The highest BCUT2D eigenvalue weighted by atomic mass is 16.3. The fourth-order valence-corrected chi connectivity index (χ4v) is 2.44. The van der Waals surface area contributed by atoms with Crippen molar-refractivity contribution in [3.05, 3.63) is 18.0 Å². The molecule has 20 heavy (non-hydrogen) atoms. The highest BCUT2D eigenvalue weighted by molar-refractivity contribution is 5.92. The molecule has 114 valence electrons. The van der Waals surface area contributed by atoms with Crippen LogP contribution in [-0.4, -0.2) is 33.9 Å². The van der Waals surface area contributed by atoms with E-state index in [2.05, 4.69) is 24.3 Å². The van der Waals surface area contributed by atoms with Gasteiger partial charge in [-0.1, -0.05) is 13.8 Å². The Labute approximate surface area is 121 Å². The van der Waals surface area contributed by atoms with Gasteiger partial charge in [-0.15, -0.1) is 0 Å². The topological polar surface area (TPSA) is 67.2 Å². The standard InChI is InChI=1S/C15H27N3O2/c1-5-15(6-2,8-10-19)11-16-14(20)13-7-9-17-18(13)12(3)4/h7,9,12,19H,5-6,8,10-11H2,1-4H3,(H,16,20). The molecule has 0 saturated carbocycles. The molecule has 0 radical (unpaired) electrons. The molecule has 1 rings (SSSR count). The van der Waals surface area contributed by atoms with E-state index in [9.17, 15) is 9.90 Å². The van der Waals surface area contributed by atoms with E-state index in [1.807, 2.05) is 13.8 Å². The Morgan fingerprint density at radius 1 is 1.45 bits per heavy atom. The Balaban J connectivity index is 2.73. The van der Waals surface area contributed by atoms with Crippen LogP contribution in [0.4, 0.5) is 0 Å². The number of hydrogen-bond donors (Lipinski definition) is 2. The predicted octanol–water partition coefficient (Wildman–Crippen LogP) is 2.38. The fraction of sp³-hybridized carbons (Fsp3) is 0.733. The lowest BCUT2D eigenvalue weighted by atomic mass is 9.79. The summed E-state index contributed by atoms with van der Waals surface area (Å²) in [4.78, 5) is 12.3. The van der Waals surface area contributed by atoms with E-state index in [4.69, 9.17) is 0 Å². The van der Waals surface area contributed by atoms with E-state index < -0.39 is 0 Å². The maximum absolute atomic E-state index is 12.3. The van der Waals surface area contributed by atoms with Crippen molar-refractivity contribution in [2.45, 2.75) is 53.0 Å². The van der Waals surface area contributed by atoms with Gasteiger partial charge in [-0.2, -0.15) is 5.10 Å². The van der Waals surface area contributed by atoms with Crippen LogP contribution in [0.25, 0.3) is 0 Å². The van der Waals surface area contributed by atoms with Gasteiger partial charge >= 0.3 is 0 Å². The molecular formula is C15H27N3O2. The van der Waals surface area contributed by atoms with Gasteiger partial charge in [0.05, 0.1) is 0 Å². The molecule has 0 aliphatic heterocycles. The van der Waals surface area contributed by atoms with E-state index in [0.29, 0.717) is 18.7 Å². The van der Waals surface area contributed by atoms with Crippen LogP contribution in [0.5, 0.6) is 0 Å². The highest BCUT2D eigenvalue weighted by Crippen LogP contribution is 2.29. The van der Waals surface area contributed by atoms with Gasteiger partial charge < -0.3 is 10.4 Å². The van der Waals surface area contributed by atoms with E-state index >= 15 is 0 Å². The number of amides is 1. The molecule has 0 saturated heterocycles. The number of aliphatic hydroxyl groups is 1. The first-order valence-corrected chi connectivity index (χ1v) is 7.42. The minimum absolute atomic E-state index is 0.0207. The third kappa shape index (κ3) is 3.82. The van der Waals surface area contributed by atoms with Gasteiger partial charge in [0.2, 0.25) is 0 Å². The quantitative estimate of drug-likeness (QED) is 0.769. The number of nitrogens with zero attached hydrogens (tertiary/aromatic N) is 2. The van der Waals surface area contributed by atoms with Gasteiger partial charge in [0.15, 0.2) is 0 Å². The molecular weight excluding hydrogens is 254 g/mol. The van der Waals surface area contributed by atoms with Crippen LogP contribution < -0.4 is 5.32 Å². The van der Waals surface area contributed by atoms with Gasteiger partial charge in [-0.25, -0.2) is 0 Å². The summed E-state index contributed by atoms with van der Waals surface area (Å²) in [5.74, 6) is -0.0968. The largest absolute Gasteiger partial charge is 0.396 e. The van der Waals surface area contributed by atoms with Crippen LogP contribution in [0.1, 0.15) is 63.5 Å². The Morgan fingerprint density at radius 2 is 2.10 bits per heavy atom. The van der Waals surface area contributed by atoms with Crippen molar-refractivity contribution >= 4 is 5.91 Å². The molecule has 1 aromatic heterocycles. The maximum atomic E-state index is 12.3. The van der Waals surface area contributed by atoms with Crippen molar-refractivity contribution in [2.24, 2.45) is 5.41 Å². The summed E-state index contributed by atoms with van der Waals surface area (Å²) in [7, 11) is 0. The first kappa shape index (κ1) is 16.7. The van der Waals surface area contributed by atoms with E-state index in [-0.39, 0.29) is 24.0 Å². The number of nitrogens with one attached hydrogen (secondary N) is 1. The van der Waals surface area contributed by atoms with Gasteiger partial charge in [0.1, 0.15) is 5.69 Å². The Morgan fingerprint density at radius 3 is 2.60 bits per heavy atom. The van der Waals surface area contributed by atoms with Gasteiger partial charge in [0, 0.05) is 25.4 Å². The lowest BCUT2D eigenvalue weighted by Crippen LogP contribution is -2.38. The Bertz CT molecular complexity index is 423. The van der Waals surface area contributed by atoms with Crippen LogP contribution in [0, 0.1) is 5.41 Å². The first-order valence-electron chi connectivity index (χ1n) is 7.42. The summed E-state index contributed by atoms with van der Waals surface area (Å²) in [6, 6.07) is 1.89. The van der Waals surface area contributed by atoms with Crippen molar-refractivity contribution in [2.75, 3.05) is 13.2 Å².